The minimum atomic E-state index is -1.00. The zero-order chi connectivity index (χ0) is 27.9. The van der Waals surface area contributed by atoms with Gasteiger partial charge in [0.1, 0.15) is 0 Å². The number of Topliss-reactive ketones (excluding diaryl/α,β-unsaturated/α-hetero) is 2. The fourth-order valence-electron chi connectivity index (χ4n) is 8.21. The molecule has 5 aromatic carbocycles. The first kappa shape index (κ1) is 24.0. The molecule has 0 radical (unpaired) electrons. The number of carbonyl (C=O) groups is 3. The highest BCUT2D eigenvalue weighted by molar-refractivity contribution is 6.23. The number of allylic oxidation sites excluding steroid dienone is 2. The second-order valence-corrected chi connectivity index (χ2v) is 11.5. The van der Waals surface area contributed by atoms with Crippen LogP contribution >= 0.6 is 0 Å². The van der Waals surface area contributed by atoms with Crippen LogP contribution in [0.1, 0.15) is 65.2 Å². The van der Waals surface area contributed by atoms with Crippen molar-refractivity contribution >= 4 is 28.1 Å². The molecule has 0 heterocycles. The number of hydrogen-bond donors (Lipinski definition) is 0. The van der Waals surface area contributed by atoms with Crippen molar-refractivity contribution in [1.29, 1.82) is 0 Å². The van der Waals surface area contributed by atoms with E-state index in [1.54, 1.807) is 0 Å². The molecule has 3 aliphatic rings. The van der Waals surface area contributed by atoms with Crippen LogP contribution in [0.5, 0.6) is 0 Å². The molecule has 41 heavy (non-hydrogen) atoms. The first-order chi connectivity index (χ1) is 20.0. The first-order valence-corrected chi connectivity index (χ1v) is 14.1. The lowest BCUT2D eigenvalue weighted by molar-refractivity contribution is 0.0800. The average molecular weight is 531 g/mol. The lowest BCUT2D eigenvalue weighted by Gasteiger charge is -2.26. The number of carbonyl (C=O) groups excluding carboxylic acids is 3. The Balaban J connectivity index is 1.44. The van der Waals surface area contributed by atoms with Crippen molar-refractivity contribution in [2.24, 2.45) is 10.8 Å². The Morgan fingerprint density at radius 3 is 1.71 bits per heavy atom. The largest absolute Gasteiger partial charge is 0.293 e. The van der Waals surface area contributed by atoms with Crippen LogP contribution < -0.4 is 0 Å². The predicted molar refractivity (Wildman–Crippen MR) is 160 cm³/mol. The summed E-state index contributed by atoms with van der Waals surface area (Å²) in [5.41, 5.74) is 3.42. The summed E-state index contributed by atoms with van der Waals surface area (Å²) in [6.45, 7) is 2.08. The zero-order valence-corrected chi connectivity index (χ0v) is 22.5. The van der Waals surface area contributed by atoms with Crippen LogP contribution in [0.3, 0.4) is 0 Å². The van der Waals surface area contributed by atoms with Crippen molar-refractivity contribution < 1.29 is 14.4 Å². The quantitative estimate of drug-likeness (QED) is 0.166. The van der Waals surface area contributed by atoms with Crippen molar-refractivity contribution in [2.75, 3.05) is 0 Å². The topological polar surface area (TPSA) is 51.2 Å². The summed E-state index contributed by atoms with van der Waals surface area (Å²) in [6.07, 6.45) is 4.04. The van der Waals surface area contributed by atoms with E-state index in [0.717, 1.165) is 27.5 Å². The van der Waals surface area contributed by atoms with E-state index in [2.05, 4.69) is 13.0 Å². The van der Waals surface area contributed by atoms with Crippen molar-refractivity contribution in [2.45, 2.75) is 18.8 Å². The Morgan fingerprint density at radius 2 is 1.10 bits per heavy atom. The van der Waals surface area contributed by atoms with Gasteiger partial charge in [-0.05, 0) is 34.4 Å². The van der Waals surface area contributed by atoms with Gasteiger partial charge >= 0.3 is 0 Å². The SMILES string of the molecule is Cc1c2c(c(C(=O)c3ccccc3)c3ccccc13)C1C=CC3(C(=O)c4ccccc4)C2C13C(=O)c1ccccc1. The number of hydrogen-bond acceptors (Lipinski definition) is 3. The molecular weight excluding hydrogens is 504 g/mol. The molecule has 0 bridgehead atoms. The molecule has 1 saturated carbocycles. The van der Waals surface area contributed by atoms with Gasteiger partial charge in [-0.25, -0.2) is 0 Å². The molecule has 0 spiro atoms. The summed E-state index contributed by atoms with van der Waals surface area (Å²) >= 11 is 0. The summed E-state index contributed by atoms with van der Waals surface area (Å²) in [5, 5.41) is 1.88. The summed E-state index contributed by atoms with van der Waals surface area (Å²) in [6, 6.07) is 36.0. The Morgan fingerprint density at radius 1 is 0.585 bits per heavy atom. The molecule has 3 aliphatic carbocycles. The van der Waals surface area contributed by atoms with Gasteiger partial charge in [-0.3, -0.25) is 14.4 Å². The molecule has 4 unspecified atom stereocenters. The summed E-state index contributed by atoms with van der Waals surface area (Å²) < 4.78 is 0. The maximum absolute atomic E-state index is 14.8. The normalized spacial score (nSPS) is 24.6. The Labute approximate surface area is 238 Å². The second kappa shape index (κ2) is 8.31. The second-order valence-electron chi connectivity index (χ2n) is 11.5. The van der Waals surface area contributed by atoms with Gasteiger partial charge in [0, 0.05) is 34.1 Å². The average Bonchev–Trinajstić information content (AvgIpc) is 3.38. The van der Waals surface area contributed by atoms with Gasteiger partial charge in [-0.1, -0.05) is 127 Å². The minimum Gasteiger partial charge on any atom is -0.293 e. The van der Waals surface area contributed by atoms with Gasteiger partial charge in [0.25, 0.3) is 0 Å². The summed E-state index contributed by atoms with van der Waals surface area (Å²) in [4.78, 5) is 43.6. The Hall–Kier alpha value is -4.89. The van der Waals surface area contributed by atoms with Crippen LogP contribution in [-0.4, -0.2) is 17.3 Å². The van der Waals surface area contributed by atoms with Gasteiger partial charge in [-0.2, -0.15) is 0 Å². The maximum atomic E-state index is 14.8. The van der Waals surface area contributed by atoms with E-state index in [-0.39, 0.29) is 29.2 Å². The minimum absolute atomic E-state index is 0.0275. The number of ketones is 3. The van der Waals surface area contributed by atoms with Gasteiger partial charge in [0.2, 0.25) is 0 Å². The molecule has 0 saturated heterocycles. The molecule has 8 rings (SSSR count). The fourth-order valence-corrected chi connectivity index (χ4v) is 8.21. The van der Waals surface area contributed by atoms with E-state index in [1.165, 1.54) is 0 Å². The van der Waals surface area contributed by atoms with E-state index >= 15 is 0 Å². The number of rotatable bonds is 6. The lowest BCUT2D eigenvalue weighted by Crippen LogP contribution is -2.30. The maximum Gasteiger partial charge on any atom is 0.193 e. The molecule has 1 fully saturated rings. The monoisotopic (exact) mass is 530 g/mol. The number of fused-ring (bicyclic) bond motifs is 5. The predicted octanol–water partition coefficient (Wildman–Crippen LogP) is 7.88. The molecule has 0 N–H and O–H groups in total. The van der Waals surface area contributed by atoms with Crippen molar-refractivity contribution in [1.82, 2.24) is 0 Å². The highest BCUT2D eigenvalue weighted by Gasteiger charge is 2.89. The molecule has 5 aromatic rings. The van der Waals surface area contributed by atoms with Crippen molar-refractivity contribution in [3.8, 4) is 0 Å². The van der Waals surface area contributed by atoms with Crippen LogP contribution in [0, 0.1) is 17.8 Å². The standard InChI is InChI=1S/C38H26O3/c1-23-27-19-11-12-20-28(27)31(33(39)24-13-5-2-6-14-24)32-29-21-22-37(35(40)25-15-7-3-8-16-25)34(30(23)32)38(29,37)36(41)26-17-9-4-10-18-26/h2-22,29,34H,1H3. The lowest BCUT2D eigenvalue weighted by atomic mass is 9.73. The highest BCUT2D eigenvalue weighted by atomic mass is 16.1. The third-order valence-electron chi connectivity index (χ3n) is 9.80. The van der Waals surface area contributed by atoms with Crippen LogP contribution in [0.2, 0.25) is 0 Å². The van der Waals surface area contributed by atoms with E-state index in [4.69, 9.17) is 0 Å². The van der Waals surface area contributed by atoms with Gasteiger partial charge in [-0.15, -0.1) is 0 Å². The fraction of sp³-hybridized carbons (Fsp3) is 0.132. The molecule has 3 heteroatoms. The Kier molecular flexibility index (Phi) is 4.85. The molecule has 0 amide bonds. The van der Waals surface area contributed by atoms with Crippen molar-refractivity contribution in [3.05, 3.63) is 166 Å². The molecule has 0 aromatic heterocycles. The van der Waals surface area contributed by atoms with Crippen LogP contribution in [0.25, 0.3) is 10.8 Å². The van der Waals surface area contributed by atoms with E-state index in [9.17, 15) is 14.4 Å². The van der Waals surface area contributed by atoms with Gasteiger partial charge in [0.15, 0.2) is 17.3 Å². The van der Waals surface area contributed by atoms with E-state index in [1.807, 2.05) is 121 Å². The first-order valence-electron chi connectivity index (χ1n) is 14.1. The number of aryl methyl sites for hydroxylation is 1. The summed E-state index contributed by atoms with van der Waals surface area (Å²) in [7, 11) is 0. The number of benzene rings is 5. The third-order valence-corrected chi connectivity index (χ3v) is 9.80. The smallest absolute Gasteiger partial charge is 0.193 e. The van der Waals surface area contributed by atoms with Crippen LogP contribution in [0.15, 0.2) is 127 Å². The molecule has 0 aliphatic heterocycles. The van der Waals surface area contributed by atoms with Crippen LogP contribution in [-0.2, 0) is 0 Å². The van der Waals surface area contributed by atoms with Gasteiger partial charge < -0.3 is 0 Å². The van der Waals surface area contributed by atoms with Crippen LogP contribution in [0.4, 0.5) is 0 Å². The van der Waals surface area contributed by atoms with Crippen molar-refractivity contribution in [3.63, 3.8) is 0 Å². The summed E-state index contributed by atoms with van der Waals surface area (Å²) in [5.74, 6) is -0.830. The highest BCUT2D eigenvalue weighted by Crippen LogP contribution is 2.89. The van der Waals surface area contributed by atoms with E-state index in [0.29, 0.717) is 22.3 Å². The molecular formula is C38H26O3. The third kappa shape index (κ3) is 2.81. The zero-order valence-electron chi connectivity index (χ0n) is 22.5. The van der Waals surface area contributed by atoms with Gasteiger partial charge in [0.05, 0.1) is 10.8 Å². The Bertz CT molecular complexity index is 1960. The molecule has 4 atom stereocenters. The molecule has 3 nitrogen and oxygen atoms in total. The van der Waals surface area contributed by atoms with E-state index < -0.39 is 10.8 Å². The molecule has 196 valence electrons.